The second kappa shape index (κ2) is 8.84. The average Bonchev–Trinajstić information content (AvgIpc) is 2.63. The van der Waals surface area contributed by atoms with Gasteiger partial charge in [-0.05, 0) is 60.9 Å². The Morgan fingerprint density at radius 3 is 2.46 bits per heavy atom. The van der Waals surface area contributed by atoms with Crippen molar-refractivity contribution in [3.05, 3.63) is 64.7 Å². The number of aliphatic hydroxyl groups excluding tert-OH is 1. The summed E-state index contributed by atoms with van der Waals surface area (Å²) in [5, 5.41) is 21.1. The zero-order valence-electron chi connectivity index (χ0n) is 15.3. The minimum Gasteiger partial charge on any atom is -0.395 e. The molecule has 26 heavy (non-hydrogen) atoms. The Labute approximate surface area is 154 Å². The number of nitriles is 1. The lowest BCUT2D eigenvalue weighted by atomic mass is 10.1. The van der Waals surface area contributed by atoms with Crippen LogP contribution >= 0.6 is 0 Å². The van der Waals surface area contributed by atoms with Gasteiger partial charge in [-0.2, -0.15) is 5.26 Å². The maximum atomic E-state index is 12.4. The number of aryl methyl sites for hydroxylation is 2. The van der Waals surface area contributed by atoms with Gasteiger partial charge < -0.3 is 15.3 Å². The van der Waals surface area contributed by atoms with Crippen LogP contribution in [0, 0.1) is 25.2 Å². The molecule has 2 aromatic rings. The summed E-state index contributed by atoms with van der Waals surface area (Å²) in [5.41, 5.74) is 4.64. The molecule has 5 heteroatoms. The quantitative estimate of drug-likeness (QED) is 0.620. The predicted molar refractivity (Wildman–Crippen MR) is 105 cm³/mol. The summed E-state index contributed by atoms with van der Waals surface area (Å²) in [5.74, 6) is -0.433. The number of nitrogens with zero attached hydrogens (tertiary/aromatic N) is 2. The van der Waals surface area contributed by atoms with Gasteiger partial charge in [-0.1, -0.05) is 18.2 Å². The molecule has 0 heterocycles. The molecule has 2 rings (SSSR count). The molecule has 0 saturated carbocycles. The average molecular weight is 349 g/mol. The lowest BCUT2D eigenvalue weighted by molar-refractivity contribution is -0.112. The highest BCUT2D eigenvalue weighted by Crippen LogP contribution is 2.18. The van der Waals surface area contributed by atoms with Crippen LogP contribution in [0.4, 0.5) is 11.4 Å². The molecule has 0 aliphatic heterocycles. The van der Waals surface area contributed by atoms with Gasteiger partial charge in [-0.3, -0.25) is 4.79 Å². The van der Waals surface area contributed by atoms with Crippen LogP contribution in [-0.2, 0) is 4.79 Å². The van der Waals surface area contributed by atoms with Crippen LogP contribution in [0.1, 0.15) is 16.7 Å². The standard InChI is InChI=1S/C21H23N3O2/c1-15-4-7-19(12-16(15)2)23-21(26)18(14-22)13-17-5-8-20(9-6-17)24(3)10-11-25/h4-9,12-13,25H,10-11H2,1-3H3,(H,23,26)/b18-13+. The Morgan fingerprint density at radius 2 is 1.88 bits per heavy atom. The monoisotopic (exact) mass is 349 g/mol. The number of aliphatic hydroxyl groups is 1. The summed E-state index contributed by atoms with van der Waals surface area (Å²) in [6.07, 6.45) is 1.56. The summed E-state index contributed by atoms with van der Waals surface area (Å²) in [4.78, 5) is 14.3. The fraction of sp³-hybridized carbons (Fsp3) is 0.238. The molecule has 0 aliphatic rings. The van der Waals surface area contributed by atoms with Crippen LogP contribution in [-0.4, -0.2) is 31.2 Å². The number of carbonyl (C=O) groups excluding carboxylic acids is 1. The number of rotatable bonds is 6. The maximum Gasteiger partial charge on any atom is 0.266 e. The number of amides is 1. The van der Waals surface area contributed by atoms with Crippen molar-refractivity contribution in [2.24, 2.45) is 0 Å². The van der Waals surface area contributed by atoms with E-state index >= 15 is 0 Å². The van der Waals surface area contributed by atoms with Crippen molar-refractivity contribution < 1.29 is 9.90 Å². The molecule has 0 saturated heterocycles. The van der Waals surface area contributed by atoms with Crippen molar-refractivity contribution in [2.45, 2.75) is 13.8 Å². The molecule has 0 atom stereocenters. The summed E-state index contributed by atoms with van der Waals surface area (Å²) in [7, 11) is 1.89. The first kappa shape index (κ1) is 19.2. The maximum absolute atomic E-state index is 12.4. The van der Waals surface area contributed by atoms with Crippen molar-refractivity contribution in [1.29, 1.82) is 5.26 Å². The Morgan fingerprint density at radius 1 is 1.19 bits per heavy atom. The molecule has 2 N–H and O–H groups in total. The normalized spacial score (nSPS) is 11.0. The van der Waals surface area contributed by atoms with Gasteiger partial charge in [0.25, 0.3) is 5.91 Å². The Balaban J connectivity index is 2.14. The van der Waals surface area contributed by atoms with Gasteiger partial charge in [0.15, 0.2) is 0 Å². The van der Waals surface area contributed by atoms with Gasteiger partial charge >= 0.3 is 0 Å². The predicted octanol–water partition coefficient (Wildman–Crippen LogP) is 3.28. The van der Waals surface area contributed by atoms with E-state index in [4.69, 9.17) is 5.11 Å². The van der Waals surface area contributed by atoms with E-state index in [-0.39, 0.29) is 12.2 Å². The van der Waals surface area contributed by atoms with Crippen molar-refractivity contribution in [3.8, 4) is 6.07 Å². The van der Waals surface area contributed by atoms with Gasteiger partial charge in [0.05, 0.1) is 6.61 Å². The fourth-order valence-electron chi connectivity index (χ4n) is 2.44. The van der Waals surface area contributed by atoms with E-state index in [2.05, 4.69) is 5.32 Å². The van der Waals surface area contributed by atoms with Crippen LogP contribution in [0.3, 0.4) is 0 Å². The highest BCUT2D eigenvalue weighted by molar-refractivity contribution is 6.09. The zero-order valence-corrected chi connectivity index (χ0v) is 15.3. The molecule has 0 fully saturated rings. The zero-order chi connectivity index (χ0) is 19.1. The van der Waals surface area contributed by atoms with E-state index in [1.807, 2.05) is 74.3 Å². The molecular weight excluding hydrogens is 326 g/mol. The molecule has 0 bridgehead atoms. The van der Waals surface area contributed by atoms with E-state index in [0.29, 0.717) is 12.2 Å². The third-order valence-electron chi connectivity index (χ3n) is 4.21. The third-order valence-corrected chi connectivity index (χ3v) is 4.21. The second-order valence-corrected chi connectivity index (χ2v) is 6.16. The number of benzene rings is 2. The molecule has 5 nitrogen and oxygen atoms in total. The van der Waals surface area contributed by atoms with Gasteiger partial charge in [0, 0.05) is 25.0 Å². The van der Waals surface area contributed by atoms with Crippen molar-refractivity contribution in [3.63, 3.8) is 0 Å². The van der Waals surface area contributed by atoms with Crippen LogP contribution < -0.4 is 10.2 Å². The molecule has 0 aliphatic carbocycles. The van der Waals surface area contributed by atoms with Crippen molar-refractivity contribution >= 4 is 23.4 Å². The number of carbonyl (C=O) groups is 1. The number of nitrogens with one attached hydrogen (secondary N) is 1. The highest BCUT2D eigenvalue weighted by atomic mass is 16.3. The van der Waals surface area contributed by atoms with E-state index in [0.717, 1.165) is 22.4 Å². The molecular formula is C21H23N3O2. The number of hydrogen-bond donors (Lipinski definition) is 2. The SMILES string of the molecule is Cc1ccc(NC(=O)/C(C#N)=C/c2ccc(N(C)CCO)cc2)cc1C. The minimum absolute atomic E-state index is 0.0414. The summed E-state index contributed by atoms with van der Waals surface area (Å²) >= 11 is 0. The molecule has 134 valence electrons. The number of likely N-dealkylation sites (N-methyl/N-ethyl adjacent to an activating group) is 1. The van der Waals surface area contributed by atoms with Gasteiger partial charge in [-0.15, -0.1) is 0 Å². The molecule has 0 radical (unpaired) electrons. The topological polar surface area (TPSA) is 76.4 Å². The smallest absolute Gasteiger partial charge is 0.266 e. The van der Waals surface area contributed by atoms with Crippen molar-refractivity contribution in [1.82, 2.24) is 0 Å². The largest absolute Gasteiger partial charge is 0.395 e. The van der Waals surface area contributed by atoms with Gasteiger partial charge in [-0.25, -0.2) is 0 Å². The molecule has 0 aromatic heterocycles. The minimum atomic E-state index is -0.433. The van der Waals surface area contributed by atoms with Gasteiger partial charge in [0.2, 0.25) is 0 Å². The lowest BCUT2D eigenvalue weighted by Gasteiger charge is -2.17. The lowest BCUT2D eigenvalue weighted by Crippen LogP contribution is -2.20. The van der Waals surface area contributed by atoms with Gasteiger partial charge in [0.1, 0.15) is 11.6 Å². The third kappa shape index (κ3) is 4.95. The van der Waals surface area contributed by atoms with E-state index < -0.39 is 5.91 Å². The second-order valence-electron chi connectivity index (χ2n) is 6.16. The Bertz CT molecular complexity index is 849. The molecule has 0 unspecified atom stereocenters. The molecule has 0 spiro atoms. The van der Waals surface area contributed by atoms with Crippen LogP contribution in [0.25, 0.3) is 6.08 Å². The molecule has 2 aromatic carbocycles. The first-order chi connectivity index (χ1) is 12.4. The van der Waals surface area contributed by atoms with Crippen LogP contribution in [0.2, 0.25) is 0 Å². The number of hydrogen-bond acceptors (Lipinski definition) is 4. The van der Waals surface area contributed by atoms with Crippen LogP contribution in [0.15, 0.2) is 48.0 Å². The summed E-state index contributed by atoms with van der Waals surface area (Å²) < 4.78 is 0. The van der Waals surface area contributed by atoms with E-state index in [9.17, 15) is 10.1 Å². The van der Waals surface area contributed by atoms with E-state index in [1.165, 1.54) is 0 Å². The van der Waals surface area contributed by atoms with E-state index in [1.54, 1.807) is 6.08 Å². The number of anilines is 2. The Hall–Kier alpha value is -3.10. The Kier molecular flexibility index (Phi) is 6.54. The summed E-state index contributed by atoms with van der Waals surface area (Å²) in [6.45, 7) is 4.59. The summed E-state index contributed by atoms with van der Waals surface area (Å²) in [6, 6.07) is 15.0. The first-order valence-corrected chi connectivity index (χ1v) is 8.37. The fourth-order valence-corrected chi connectivity index (χ4v) is 2.44. The van der Waals surface area contributed by atoms with Crippen molar-refractivity contribution in [2.75, 3.05) is 30.4 Å². The highest BCUT2D eigenvalue weighted by Gasteiger charge is 2.10. The van der Waals surface area contributed by atoms with Crippen LogP contribution in [0.5, 0.6) is 0 Å². The first-order valence-electron chi connectivity index (χ1n) is 8.37. The molecule has 1 amide bonds.